The molecule has 0 bridgehead atoms. The van der Waals surface area contributed by atoms with Gasteiger partial charge in [0.1, 0.15) is 5.76 Å². The molecule has 0 aromatic carbocycles. The summed E-state index contributed by atoms with van der Waals surface area (Å²) >= 11 is 0. The summed E-state index contributed by atoms with van der Waals surface area (Å²) in [5, 5.41) is 0. The minimum atomic E-state index is 0.0896. The zero-order chi connectivity index (χ0) is 16.5. The average Bonchev–Trinajstić information content (AvgIpc) is 3.33. The van der Waals surface area contributed by atoms with E-state index in [1.54, 1.807) is 0 Å². The molecule has 4 nitrogen and oxygen atoms in total. The van der Waals surface area contributed by atoms with E-state index in [-0.39, 0.29) is 5.91 Å². The molecule has 0 unspecified atom stereocenters. The highest BCUT2D eigenvalue weighted by Gasteiger charge is 2.36. The SMILES string of the molecule is CCc1oc(C(=O)N2C[C@H]3CC=CC[C@H]3C2)cc1CN1CCCC1. The van der Waals surface area contributed by atoms with Crippen molar-refractivity contribution in [1.29, 1.82) is 0 Å². The van der Waals surface area contributed by atoms with Crippen LogP contribution in [0.4, 0.5) is 0 Å². The molecular formula is C20H28N2O2. The van der Waals surface area contributed by atoms with Crippen molar-refractivity contribution in [3.63, 3.8) is 0 Å². The third-order valence-electron chi connectivity index (χ3n) is 5.93. The van der Waals surface area contributed by atoms with E-state index < -0.39 is 0 Å². The lowest BCUT2D eigenvalue weighted by atomic mass is 9.86. The zero-order valence-electron chi connectivity index (χ0n) is 14.7. The summed E-state index contributed by atoms with van der Waals surface area (Å²) in [6, 6.07) is 2.01. The number of aryl methyl sites for hydroxylation is 1. The molecule has 0 radical (unpaired) electrons. The van der Waals surface area contributed by atoms with Crippen LogP contribution in [0.5, 0.6) is 0 Å². The van der Waals surface area contributed by atoms with E-state index >= 15 is 0 Å². The molecule has 1 aliphatic carbocycles. The van der Waals surface area contributed by atoms with Crippen LogP contribution < -0.4 is 0 Å². The summed E-state index contributed by atoms with van der Waals surface area (Å²) in [4.78, 5) is 17.4. The summed E-state index contributed by atoms with van der Waals surface area (Å²) in [5.74, 6) is 2.91. The van der Waals surface area contributed by atoms with Gasteiger partial charge in [0.25, 0.3) is 5.91 Å². The first-order valence-electron chi connectivity index (χ1n) is 9.52. The summed E-state index contributed by atoms with van der Waals surface area (Å²) in [6.07, 6.45) is 10.2. The summed E-state index contributed by atoms with van der Waals surface area (Å²) in [7, 11) is 0. The van der Waals surface area contributed by atoms with Crippen molar-refractivity contribution >= 4 is 5.91 Å². The van der Waals surface area contributed by atoms with Gasteiger partial charge in [0.2, 0.25) is 0 Å². The number of likely N-dealkylation sites (tertiary alicyclic amines) is 2. The molecule has 1 aromatic rings. The minimum absolute atomic E-state index is 0.0896. The van der Waals surface area contributed by atoms with Crippen LogP contribution in [-0.2, 0) is 13.0 Å². The number of fused-ring (bicyclic) bond motifs is 1. The fourth-order valence-corrected chi connectivity index (χ4v) is 4.52. The maximum atomic E-state index is 12.9. The second-order valence-corrected chi connectivity index (χ2v) is 7.57. The lowest BCUT2D eigenvalue weighted by molar-refractivity contribution is 0.0750. The topological polar surface area (TPSA) is 36.7 Å². The van der Waals surface area contributed by atoms with Gasteiger partial charge in [-0.25, -0.2) is 0 Å². The number of hydrogen-bond donors (Lipinski definition) is 0. The van der Waals surface area contributed by atoms with Crippen molar-refractivity contribution in [2.75, 3.05) is 26.2 Å². The van der Waals surface area contributed by atoms with E-state index in [2.05, 4.69) is 24.0 Å². The van der Waals surface area contributed by atoms with Gasteiger partial charge in [0.05, 0.1) is 0 Å². The minimum Gasteiger partial charge on any atom is -0.456 e. The number of amides is 1. The number of furan rings is 1. The van der Waals surface area contributed by atoms with E-state index in [1.807, 2.05) is 11.0 Å². The third-order valence-corrected chi connectivity index (χ3v) is 5.93. The number of allylic oxidation sites excluding steroid dienone is 2. The van der Waals surface area contributed by atoms with Gasteiger partial charge in [-0.3, -0.25) is 9.69 Å². The Morgan fingerprint density at radius 3 is 2.46 bits per heavy atom. The van der Waals surface area contributed by atoms with Gasteiger partial charge < -0.3 is 9.32 Å². The van der Waals surface area contributed by atoms with E-state index in [9.17, 15) is 4.79 Å². The maximum Gasteiger partial charge on any atom is 0.289 e. The van der Waals surface area contributed by atoms with Gasteiger partial charge in [-0.05, 0) is 56.7 Å². The van der Waals surface area contributed by atoms with Crippen molar-refractivity contribution in [1.82, 2.24) is 9.80 Å². The van der Waals surface area contributed by atoms with E-state index in [0.717, 1.165) is 44.7 Å². The summed E-state index contributed by atoms with van der Waals surface area (Å²) in [6.45, 7) is 7.14. The molecule has 0 spiro atoms. The molecule has 3 heterocycles. The predicted octanol–water partition coefficient (Wildman–Crippen LogP) is 3.48. The highest BCUT2D eigenvalue weighted by atomic mass is 16.4. The monoisotopic (exact) mass is 328 g/mol. The van der Waals surface area contributed by atoms with Crippen LogP contribution in [0, 0.1) is 11.8 Å². The Kier molecular flexibility index (Phi) is 4.49. The van der Waals surface area contributed by atoms with Crippen molar-refractivity contribution in [3.05, 3.63) is 35.3 Å². The van der Waals surface area contributed by atoms with Gasteiger partial charge in [-0.2, -0.15) is 0 Å². The number of hydrogen-bond acceptors (Lipinski definition) is 3. The van der Waals surface area contributed by atoms with Crippen LogP contribution in [0.3, 0.4) is 0 Å². The van der Waals surface area contributed by atoms with E-state index in [4.69, 9.17) is 4.42 Å². The molecule has 2 saturated heterocycles. The van der Waals surface area contributed by atoms with Crippen LogP contribution in [0.15, 0.2) is 22.6 Å². The van der Waals surface area contributed by atoms with Gasteiger partial charge in [-0.15, -0.1) is 0 Å². The predicted molar refractivity (Wildman–Crippen MR) is 93.9 cm³/mol. The van der Waals surface area contributed by atoms with E-state index in [0.29, 0.717) is 17.6 Å². The maximum absolute atomic E-state index is 12.9. The Labute approximate surface area is 144 Å². The van der Waals surface area contributed by atoms with Gasteiger partial charge >= 0.3 is 0 Å². The van der Waals surface area contributed by atoms with Gasteiger partial charge in [0.15, 0.2) is 5.76 Å². The quantitative estimate of drug-likeness (QED) is 0.794. The van der Waals surface area contributed by atoms with Crippen LogP contribution >= 0.6 is 0 Å². The standard InChI is InChI=1S/C20H28N2O2/c1-2-18-17(12-21-9-5-6-10-21)11-19(24-18)20(23)22-13-15-7-3-4-8-16(15)14-22/h3-4,11,15-16H,2,5-10,12-14H2,1H3/t15-,16+. The van der Waals surface area contributed by atoms with Crippen LogP contribution in [0.25, 0.3) is 0 Å². The average molecular weight is 328 g/mol. The molecular weight excluding hydrogens is 300 g/mol. The Bertz CT molecular complexity index is 612. The Hall–Kier alpha value is -1.55. The van der Waals surface area contributed by atoms with Crippen molar-refractivity contribution in [3.8, 4) is 0 Å². The molecule has 130 valence electrons. The largest absolute Gasteiger partial charge is 0.456 e. The molecule has 2 aliphatic heterocycles. The number of carbonyl (C=O) groups excluding carboxylic acids is 1. The Morgan fingerprint density at radius 1 is 1.17 bits per heavy atom. The first-order chi connectivity index (χ1) is 11.7. The van der Waals surface area contributed by atoms with Gasteiger partial charge in [-0.1, -0.05) is 19.1 Å². The molecule has 2 fully saturated rings. The van der Waals surface area contributed by atoms with Crippen molar-refractivity contribution in [2.24, 2.45) is 11.8 Å². The third kappa shape index (κ3) is 3.04. The van der Waals surface area contributed by atoms with Crippen molar-refractivity contribution in [2.45, 2.75) is 45.6 Å². The van der Waals surface area contributed by atoms with Crippen molar-refractivity contribution < 1.29 is 9.21 Å². The first-order valence-corrected chi connectivity index (χ1v) is 9.52. The second-order valence-electron chi connectivity index (χ2n) is 7.57. The molecule has 2 atom stereocenters. The lowest BCUT2D eigenvalue weighted by Gasteiger charge is -2.17. The summed E-state index contributed by atoms with van der Waals surface area (Å²) < 4.78 is 5.97. The van der Waals surface area contributed by atoms with Crippen LogP contribution in [0.1, 0.15) is 54.5 Å². The molecule has 0 N–H and O–H groups in total. The highest BCUT2D eigenvalue weighted by Crippen LogP contribution is 2.34. The number of nitrogens with zero attached hydrogens (tertiary/aromatic N) is 2. The highest BCUT2D eigenvalue weighted by molar-refractivity contribution is 5.92. The van der Waals surface area contributed by atoms with E-state index in [1.165, 1.54) is 31.5 Å². The lowest BCUT2D eigenvalue weighted by Crippen LogP contribution is -2.28. The molecule has 1 aromatic heterocycles. The normalized spacial score (nSPS) is 27.0. The molecule has 4 heteroatoms. The molecule has 3 aliphatic rings. The smallest absolute Gasteiger partial charge is 0.289 e. The second kappa shape index (κ2) is 6.75. The molecule has 0 saturated carbocycles. The van der Waals surface area contributed by atoms with Gasteiger partial charge in [0, 0.05) is 31.6 Å². The zero-order valence-corrected chi connectivity index (χ0v) is 14.7. The fourth-order valence-electron chi connectivity index (χ4n) is 4.52. The molecule has 4 rings (SSSR count). The number of rotatable bonds is 4. The Morgan fingerprint density at radius 2 is 1.83 bits per heavy atom. The Balaban J connectivity index is 1.47. The fraction of sp³-hybridized carbons (Fsp3) is 0.650. The van der Waals surface area contributed by atoms with Crippen LogP contribution in [0.2, 0.25) is 0 Å². The molecule has 24 heavy (non-hydrogen) atoms. The summed E-state index contributed by atoms with van der Waals surface area (Å²) in [5.41, 5.74) is 1.21. The number of carbonyl (C=O) groups is 1. The van der Waals surface area contributed by atoms with Crippen LogP contribution in [-0.4, -0.2) is 41.9 Å². The molecule has 1 amide bonds. The first kappa shape index (κ1) is 15.9.